The van der Waals surface area contributed by atoms with Crippen LogP contribution in [-0.2, 0) is 0 Å². The summed E-state index contributed by atoms with van der Waals surface area (Å²) in [5.74, 6) is 0. The molecule has 0 bridgehead atoms. The highest BCUT2D eigenvalue weighted by Gasteiger charge is 2.07. The number of halogens is 1. The first-order chi connectivity index (χ1) is 6.22. The quantitative estimate of drug-likeness (QED) is 0.586. The van der Waals surface area contributed by atoms with E-state index in [0.717, 1.165) is 16.1 Å². The molecule has 0 heterocycles. The molecule has 1 aromatic rings. The third-order valence-corrected chi connectivity index (χ3v) is 3.74. The summed E-state index contributed by atoms with van der Waals surface area (Å²) < 4.78 is 0. The molecule has 1 aromatic carbocycles. The average molecular weight is 233 g/mol. The fourth-order valence-electron chi connectivity index (χ4n) is 1.01. The summed E-state index contributed by atoms with van der Waals surface area (Å²) in [4.78, 5) is 12.7. The second-order valence-corrected chi connectivity index (χ2v) is 4.43. The maximum Gasteiger partial charge on any atom is 0.150 e. The summed E-state index contributed by atoms with van der Waals surface area (Å²) >= 11 is 9.20. The number of hydrogen-bond acceptors (Lipinski definition) is 3. The topological polar surface area (TPSA) is 17.1 Å². The molecule has 0 unspecified atom stereocenters. The van der Waals surface area contributed by atoms with E-state index in [4.69, 9.17) is 11.6 Å². The summed E-state index contributed by atoms with van der Waals surface area (Å²) in [5.41, 5.74) is 0.632. The van der Waals surface area contributed by atoms with Crippen LogP contribution in [0, 0.1) is 0 Å². The standard InChI is InChI=1S/C9H9ClOS2/c1-12-8-4-6(5-11)3-7(10)9(8)13-2/h3-5H,1-2H3. The number of aldehydes is 1. The lowest BCUT2D eigenvalue weighted by Gasteiger charge is -2.07. The SMILES string of the molecule is CSc1cc(C=O)cc(Cl)c1SC. The minimum absolute atomic E-state index is 0.632. The van der Waals surface area contributed by atoms with Gasteiger partial charge in [0.2, 0.25) is 0 Å². The highest BCUT2D eigenvalue weighted by atomic mass is 35.5. The van der Waals surface area contributed by atoms with Gasteiger partial charge in [-0.2, -0.15) is 0 Å². The smallest absolute Gasteiger partial charge is 0.150 e. The number of hydrogen-bond donors (Lipinski definition) is 0. The van der Waals surface area contributed by atoms with E-state index in [1.54, 1.807) is 29.6 Å². The Kier molecular flexibility index (Phi) is 4.16. The van der Waals surface area contributed by atoms with Gasteiger partial charge in [-0.1, -0.05) is 11.6 Å². The van der Waals surface area contributed by atoms with Crippen molar-refractivity contribution in [3.05, 3.63) is 22.7 Å². The van der Waals surface area contributed by atoms with Crippen LogP contribution in [-0.4, -0.2) is 18.8 Å². The third kappa shape index (κ3) is 2.42. The molecule has 0 radical (unpaired) electrons. The van der Waals surface area contributed by atoms with Crippen LogP contribution in [0.4, 0.5) is 0 Å². The molecule has 0 amide bonds. The van der Waals surface area contributed by atoms with Crippen molar-refractivity contribution in [2.75, 3.05) is 12.5 Å². The van der Waals surface area contributed by atoms with Crippen LogP contribution in [0.2, 0.25) is 5.02 Å². The Balaban J connectivity index is 3.28. The van der Waals surface area contributed by atoms with Gasteiger partial charge in [0.15, 0.2) is 0 Å². The summed E-state index contributed by atoms with van der Waals surface area (Å²) in [5, 5.41) is 0.654. The first-order valence-corrected chi connectivity index (χ1v) is 6.42. The van der Waals surface area contributed by atoms with E-state index in [1.165, 1.54) is 0 Å². The molecule has 1 nitrogen and oxygen atoms in total. The summed E-state index contributed by atoms with van der Waals surface area (Å²) in [6.07, 6.45) is 4.76. The molecule has 0 aromatic heterocycles. The van der Waals surface area contributed by atoms with Crippen LogP contribution in [0.3, 0.4) is 0 Å². The molecule has 0 spiro atoms. The lowest BCUT2D eigenvalue weighted by molar-refractivity contribution is 0.112. The van der Waals surface area contributed by atoms with Crippen LogP contribution in [0.25, 0.3) is 0 Å². The normalized spacial score (nSPS) is 10.1. The Morgan fingerprint density at radius 3 is 2.46 bits per heavy atom. The molecule has 0 N–H and O–H groups in total. The summed E-state index contributed by atoms with van der Waals surface area (Å²) in [6, 6.07) is 3.55. The Morgan fingerprint density at radius 1 is 1.31 bits per heavy atom. The van der Waals surface area contributed by atoms with Gasteiger partial charge in [-0.25, -0.2) is 0 Å². The first kappa shape index (κ1) is 11.0. The number of carbonyl (C=O) groups excluding carboxylic acids is 1. The Hall–Kier alpha value is -0.120. The van der Waals surface area contributed by atoms with Gasteiger partial charge in [0.05, 0.1) is 5.02 Å². The van der Waals surface area contributed by atoms with E-state index in [1.807, 2.05) is 18.6 Å². The van der Waals surface area contributed by atoms with Crippen molar-refractivity contribution in [1.82, 2.24) is 0 Å². The second kappa shape index (κ2) is 4.94. The van der Waals surface area contributed by atoms with Gasteiger partial charge in [0, 0.05) is 15.4 Å². The van der Waals surface area contributed by atoms with E-state index in [9.17, 15) is 4.79 Å². The summed E-state index contributed by atoms with van der Waals surface area (Å²) in [6.45, 7) is 0. The fraction of sp³-hybridized carbons (Fsp3) is 0.222. The van der Waals surface area contributed by atoms with Crippen molar-refractivity contribution >= 4 is 41.4 Å². The van der Waals surface area contributed by atoms with Crippen LogP contribution in [0.1, 0.15) is 10.4 Å². The zero-order chi connectivity index (χ0) is 9.84. The van der Waals surface area contributed by atoms with E-state index >= 15 is 0 Å². The molecule has 0 fully saturated rings. The van der Waals surface area contributed by atoms with E-state index in [2.05, 4.69) is 0 Å². The number of carbonyl (C=O) groups is 1. The van der Waals surface area contributed by atoms with Gasteiger partial charge in [-0.05, 0) is 24.6 Å². The van der Waals surface area contributed by atoms with Crippen molar-refractivity contribution in [2.24, 2.45) is 0 Å². The molecule has 0 aliphatic carbocycles. The van der Waals surface area contributed by atoms with Crippen molar-refractivity contribution < 1.29 is 4.79 Å². The molecule has 13 heavy (non-hydrogen) atoms. The molecule has 0 atom stereocenters. The van der Waals surface area contributed by atoms with Crippen LogP contribution in [0.5, 0.6) is 0 Å². The minimum atomic E-state index is 0.632. The highest BCUT2D eigenvalue weighted by Crippen LogP contribution is 2.35. The average Bonchev–Trinajstić information content (AvgIpc) is 2.16. The maximum absolute atomic E-state index is 10.6. The molecular weight excluding hydrogens is 224 g/mol. The van der Waals surface area contributed by atoms with E-state index in [-0.39, 0.29) is 0 Å². The zero-order valence-corrected chi connectivity index (χ0v) is 9.72. The molecule has 1 rings (SSSR count). The molecule has 4 heteroatoms. The van der Waals surface area contributed by atoms with Crippen LogP contribution < -0.4 is 0 Å². The van der Waals surface area contributed by atoms with Crippen molar-refractivity contribution in [2.45, 2.75) is 9.79 Å². The second-order valence-electron chi connectivity index (χ2n) is 2.36. The Labute approximate surface area is 91.2 Å². The minimum Gasteiger partial charge on any atom is -0.298 e. The molecular formula is C9H9ClOS2. The van der Waals surface area contributed by atoms with Gasteiger partial charge in [-0.3, -0.25) is 4.79 Å². The first-order valence-electron chi connectivity index (χ1n) is 3.59. The molecule has 0 aliphatic rings. The third-order valence-electron chi connectivity index (χ3n) is 1.59. The lowest BCUT2D eigenvalue weighted by atomic mass is 10.2. The molecule has 0 saturated carbocycles. The summed E-state index contributed by atoms with van der Waals surface area (Å²) in [7, 11) is 0. The predicted molar refractivity (Wildman–Crippen MR) is 60.4 cm³/mol. The molecule has 0 aliphatic heterocycles. The van der Waals surface area contributed by atoms with E-state index in [0.29, 0.717) is 10.6 Å². The van der Waals surface area contributed by atoms with Crippen LogP contribution >= 0.6 is 35.1 Å². The zero-order valence-electron chi connectivity index (χ0n) is 7.33. The molecule has 70 valence electrons. The predicted octanol–water partition coefficient (Wildman–Crippen LogP) is 3.60. The highest BCUT2D eigenvalue weighted by molar-refractivity contribution is 8.01. The van der Waals surface area contributed by atoms with Gasteiger partial charge in [-0.15, -0.1) is 23.5 Å². The number of rotatable bonds is 3. The van der Waals surface area contributed by atoms with E-state index < -0.39 is 0 Å². The van der Waals surface area contributed by atoms with Gasteiger partial charge < -0.3 is 0 Å². The monoisotopic (exact) mass is 232 g/mol. The van der Waals surface area contributed by atoms with Crippen molar-refractivity contribution in [3.63, 3.8) is 0 Å². The maximum atomic E-state index is 10.6. The van der Waals surface area contributed by atoms with Crippen molar-refractivity contribution in [1.29, 1.82) is 0 Å². The van der Waals surface area contributed by atoms with Gasteiger partial charge in [0.1, 0.15) is 6.29 Å². The largest absolute Gasteiger partial charge is 0.298 e. The number of benzene rings is 1. The number of thioether (sulfide) groups is 2. The Bertz CT molecular complexity index is 326. The molecule has 0 saturated heterocycles. The van der Waals surface area contributed by atoms with Gasteiger partial charge in [0.25, 0.3) is 0 Å². The van der Waals surface area contributed by atoms with Crippen LogP contribution in [0.15, 0.2) is 21.9 Å². The van der Waals surface area contributed by atoms with Gasteiger partial charge >= 0.3 is 0 Å². The Morgan fingerprint density at radius 2 is 2.00 bits per heavy atom. The fourth-order valence-corrected chi connectivity index (χ4v) is 3.08. The lowest BCUT2D eigenvalue weighted by Crippen LogP contribution is -1.85. The van der Waals surface area contributed by atoms with Crippen molar-refractivity contribution in [3.8, 4) is 0 Å².